The number of likely N-dealkylation sites (tertiary alicyclic amines) is 2. The molecule has 0 N–H and O–H groups in total. The molecule has 0 radical (unpaired) electrons. The van der Waals surface area contributed by atoms with Gasteiger partial charge in [-0.1, -0.05) is 11.6 Å². The Morgan fingerprint density at radius 3 is 2.41 bits per heavy atom. The number of hydrogen-bond donors (Lipinski definition) is 0. The fraction of sp³-hybridized carbons (Fsp3) is 0.588. The maximum atomic E-state index is 12.5. The Morgan fingerprint density at radius 1 is 1.14 bits per heavy atom. The largest absolute Gasteiger partial charge is 0.380 e. The number of methoxy groups -OCH3 is 1. The van der Waals surface area contributed by atoms with Crippen LogP contribution in [-0.2, 0) is 4.74 Å². The molecule has 22 heavy (non-hydrogen) atoms. The molecule has 4 nitrogen and oxygen atoms in total. The molecule has 2 fully saturated rings. The van der Waals surface area contributed by atoms with E-state index in [9.17, 15) is 4.79 Å². The molecule has 1 aromatic carbocycles. The van der Waals surface area contributed by atoms with E-state index in [1.807, 2.05) is 4.90 Å². The maximum absolute atomic E-state index is 12.5. The van der Waals surface area contributed by atoms with Crippen molar-refractivity contribution in [1.29, 1.82) is 0 Å². The third kappa shape index (κ3) is 3.45. The average molecular weight is 323 g/mol. The average Bonchev–Trinajstić information content (AvgIpc) is 3.04. The van der Waals surface area contributed by atoms with Gasteiger partial charge in [0.05, 0.1) is 6.10 Å². The molecule has 1 amide bonds. The Kier molecular flexibility index (Phi) is 5.01. The van der Waals surface area contributed by atoms with Crippen LogP contribution in [0.1, 0.15) is 29.6 Å². The van der Waals surface area contributed by atoms with Crippen molar-refractivity contribution < 1.29 is 9.53 Å². The topological polar surface area (TPSA) is 32.8 Å². The van der Waals surface area contributed by atoms with Gasteiger partial charge in [0.25, 0.3) is 5.91 Å². The van der Waals surface area contributed by atoms with Crippen LogP contribution in [0.15, 0.2) is 24.3 Å². The summed E-state index contributed by atoms with van der Waals surface area (Å²) >= 11 is 5.88. The molecular formula is C17H23ClN2O2. The van der Waals surface area contributed by atoms with Crippen molar-refractivity contribution in [2.45, 2.75) is 31.4 Å². The van der Waals surface area contributed by atoms with Gasteiger partial charge in [0.1, 0.15) is 0 Å². The minimum atomic E-state index is 0.117. The van der Waals surface area contributed by atoms with E-state index in [0.29, 0.717) is 17.2 Å². The number of piperidine rings is 1. The van der Waals surface area contributed by atoms with Crippen molar-refractivity contribution in [3.05, 3.63) is 34.9 Å². The number of carbonyl (C=O) groups excluding carboxylic acids is 1. The molecule has 0 aromatic heterocycles. The molecule has 0 bridgehead atoms. The van der Waals surface area contributed by atoms with E-state index in [0.717, 1.165) is 51.0 Å². The van der Waals surface area contributed by atoms with Crippen molar-refractivity contribution in [3.8, 4) is 0 Å². The molecule has 3 rings (SSSR count). The van der Waals surface area contributed by atoms with Crippen molar-refractivity contribution >= 4 is 17.5 Å². The number of hydrogen-bond acceptors (Lipinski definition) is 3. The number of rotatable bonds is 3. The van der Waals surface area contributed by atoms with Crippen molar-refractivity contribution in [2.75, 3.05) is 33.3 Å². The zero-order valence-corrected chi connectivity index (χ0v) is 13.8. The van der Waals surface area contributed by atoms with Gasteiger partial charge in [0, 0.05) is 49.9 Å². The standard InChI is InChI=1S/C17H23ClN2O2/c1-22-16-8-11-20(12-16)15-6-9-19(10-7-15)17(21)13-2-4-14(18)5-3-13/h2-5,15-16H,6-12H2,1H3. The molecule has 1 unspecified atom stereocenters. The van der Waals surface area contributed by atoms with Gasteiger partial charge in [-0.15, -0.1) is 0 Å². The number of halogens is 1. The summed E-state index contributed by atoms with van der Waals surface area (Å²) in [6, 6.07) is 7.75. The zero-order chi connectivity index (χ0) is 15.5. The summed E-state index contributed by atoms with van der Waals surface area (Å²) in [7, 11) is 1.79. The van der Waals surface area contributed by atoms with E-state index in [2.05, 4.69) is 4.90 Å². The first-order valence-corrected chi connectivity index (χ1v) is 8.37. The highest BCUT2D eigenvalue weighted by Crippen LogP contribution is 2.23. The summed E-state index contributed by atoms with van der Waals surface area (Å²) in [5.41, 5.74) is 0.725. The van der Waals surface area contributed by atoms with E-state index in [1.165, 1.54) is 0 Å². The number of ether oxygens (including phenoxy) is 1. The van der Waals surface area contributed by atoms with Crippen LogP contribution in [0.5, 0.6) is 0 Å². The van der Waals surface area contributed by atoms with Crippen LogP contribution in [0.2, 0.25) is 5.02 Å². The lowest BCUT2D eigenvalue weighted by Crippen LogP contribution is -2.46. The molecule has 2 heterocycles. The quantitative estimate of drug-likeness (QED) is 0.857. The van der Waals surface area contributed by atoms with Crippen molar-refractivity contribution in [2.24, 2.45) is 0 Å². The smallest absolute Gasteiger partial charge is 0.253 e. The maximum Gasteiger partial charge on any atom is 0.253 e. The van der Waals surface area contributed by atoms with Gasteiger partial charge in [-0.05, 0) is 43.5 Å². The monoisotopic (exact) mass is 322 g/mol. The fourth-order valence-electron chi connectivity index (χ4n) is 3.49. The number of carbonyl (C=O) groups is 1. The summed E-state index contributed by atoms with van der Waals surface area (Å²) in [6.45, 7) is 3.82. The van der Waals surface area contributed by atoms with Gasteiger partial charge in [-0.3, -0.25) is 9.69 Å². The fourth-order valence-corrected chi connectivity index (χ4v) is 3.61. The van der Waals surface area contributed by atoms with Crippen molar-refractivity contribution in [3.63, 3.8) is 0 Å². The molecule has 2 aliphatic rings. The molecule has 2 saturated heterocycles. The summed E-state index contributed by atoms with van der Waals surface area (Å²) in [4.78, 5) is 17.0. The van der Waals surface area contributed by atoms with E-state index < -0.39 is 0 Å². The number of benzene rings is 1. The predicted octanol–water partition coefficient (Wildman–Crippen LogP) is 2.67. The molecular weight excluding hydrogens is 300 g/mol. The number of nitrogens with zero attached hydrogens (tertiary/aromatic N) is 2. The summed E-state index contributed by atoms with van der Waals surface area (Å²) in [5, 5.41) is 0.664. The van der Waals surface area contributed by atoms with Crippen LogP contribution in [0.3, 0.4) is 0 Å². The van der Waals surface area contributed by atoms with E-state index in [1.54, 1.807) is 31.4 Å². The molecule has 5 heteroatoms. The lowest BCUT2D eigenvalue weighted by atomic mass is 10.0. The van der Waals surface area contributed by atoms with Crippen molar-refractivity contribution in [1.82, 2.24) is 9.80 Å². The second-order valence-electron chi connectivity index (χ2n) is 6.17. The van der Waals surface area contributed by atoms with Crippen LogP contribution in [0.25, 0.3) is 0 Å². The second kappa shape index (κ2) is 6.99. The summed E-state index contributed by atoms with van der Waals surface area (Å²) in [6.07, 6.45) is 3.61. The Bertz CT molecular complexity index is 512. The van der Waals surface area contributed by atoms with Crippen LogP contribution in [-0.4, -0.2) is 61.1 Å². The SMILES string of the molecule is COC1CCN(C2CCN(C(=O)c3ccc(Cl)cc3)CC2)C1. The first-order chi connectivity index (χ1) is 10.7. The Morgan fingerprint density at radius 2 is 1.82 bits per heavy atom. The highest BCUT2D eigenvalue weighted by atomic mass is 35.5. The third-order valence-corrected chi connectivity index (χ3v) is 5.12. The minimum absolute atomic E-state index is 0.117. The summed E-state index contributed by atoms with van der Waals surface area (Å²) in [5.74, 6) is 0.117. The van der Waals surface area contributed by atoms with Crippen LogP contribution >= 0.6 is 11.6 Å². The molecule has 120 valence electrons. The van der Waals surface area contributed by atoms with Gasteiger partial charge >= 0.3 is 0 Å². The Balaban J connectivity index is 1.53. The minimum Gasteiger partial charge on any atom is -0.380 e. The first-order valence-electron chi connectivity index (χ1n) is 7.99. The lowest BCUT2D eigenvalue weighted by Gasteiger charge is -2.36. The second-order valence-corrected chi connectivity index (χ2v) is 6.61. The molecule has 0 aliphatic carbocycles. The van der Waals surface area contributed by atoms with Crippen LogP contribution in [0, 0.1) is 0 Å². The predicted molar refractivity (Wildman–Crippen MR) is 87.4 cm³/mol. The number of amides is 1. The van der Waals surface area contributed by atoms with E-state index in [4.69, 9.17) is 16.3 Å². The summed E-state index contributed by atoms with van der Waals surface area (Å²) < 4.78 is 5.44. The first kappa shape index (κ1) is 15.8. The van der Waals surface area contributed by atoms with Crippen LogP contribution in [0.4, 0.5) is 0 Å². The zero-order valence-electron chi connectivity index (χ0n) is 13.0. The lowest BCUT2D eigenvalue weighted by molar-refractivity contribution is 0.0603. The highest BCUT2D eigenvalue weighted by molar-refractivity contribution is 6.30. The molecule has 0 spiro atoms. The normalized spacial score (nSPS) is 23.9. The van der Waals surface area contributed by atoms with Gasteiger partial charge < -0.3 is 9.64 Å². The van der Waals surface area contributed by atoms with E-state index >= 15 is 0 Å². The molecule has 0 saturated carbocycles. The van der Waals surface area contributed by atoms with Crippen LogP contribution < -0.4 is 0 Å². The van der Waals surface area contributed by atoms with Gasteiger partial charge in [0.15, 0.2) is 0 Å². The third-order valence-electron chi connectivity index (χ3n) is 4.87. The Hall–Kier alpha value is -1.10. The highest BCUT2D eigenvalue weighted by Gasteiger charge is 2.31. The van der Waals surface area contributed by atoms with Gasteiger partial charge in [-0.25, -0.2) is 0 Å². The Labute approximate surface area is 137 Å². The molecule has 2 aliphatic heterocycles. The molecule has 1 aromatic rings. The molecule has 1 atom stereocenters. The van der Waals surface area contributed by atoms with Gasteiger partial charge in [0.2, 0.25) is 0 Å². The van der Waals surface area contributed by atoms with Gasteiger partial charge in [-0.2, -0.15) is 0 Å². The van der Waals surface area contributed by atoms with E-state index in [-0.39, 0.29) is 5.91 Å².